The van der Waals surface area contributed by atoms with Crippen molar-refractivity contribution in [2.45, 2.75) is 0 Å². The Morgan fingerprint density at radius 3 is 2.71 bits per heavy atom. The molecule has 0 unspecified atom stereocenters. The zero-order chi connectivity index (χ0) is 13.0. The fraction of sp³-hybridized carbons (Fsp3) is 0. The van der Waals surface area contributed by atoms with Crippen molar-refractivity contribution in [3.63, 3.8) is 0 Å². The lowest BCUT2D eigenvalue weighted by atomic mass is 10.1. The molecule has 6 nitrogen and oxygen atoms in total. The molecule has 1 N–H and O–H groups in total. The number of rotatable bonds is 3. The van der Waals surface area contributed by atoms with Crippen LogP contribution in [0.1, 0.15) is 5.56 Å². The summed E-state index contributed by atoms with van der Waals surface area (Å²) in [5.74, 6) is -1.43. The number of aliphatic carboxylic acids is 1. The van der Waals surface area contributed by atoms with E-state index in [2.05, 4.69) is 15.9 Å². The maximum Gasteiger partial charge on any atom is 0.346 e. The van der Waals surface area contributed by atoms with E-state index in [0.717, 1.165) is 6.08 Å². The van der Waals surface area contributed by atoms with Gasteiger partial charge in [-0.3, -0.25) is 10.1 Å². The van der Waals surface area contributed by atoms with E-state index in [4.69, 9.17) is 10.4 Å². The summed E-state index contributed by atoms with van der Waals surface area (Å²) >= 11 is 3.07. The molecular formula is C10H5BrN2O4. The number of nitrogens with zero attached hydrogens (tertiary/aromatic N) is 2. The second kappa shape index (κ2) is 5.23. The Bertz CT molecular complexity index is 560. The van der Waals surface area contributed by atoms with Crippen LogP contribution >= 0.6 is 15.9 Å². The third kappa shape index (κ3) is 3.12. The van der Waals surface area contributed by atoms with Crippen molar-refractivity contribution in [1.82, 2.24) is 0 Å². The molecular weight excluding hydrogens is 292 g/mol. The lowest BCUT2D eigenvalue weighted by molar-refractivity contribution is -0.385. The van der Waals surface area contributed by atoms with Crippen molar-refractivity contribution in [1.29, 1.82) is 5.26 Å². The van der Waals surface area contributed by atoms with Gasteiger partial charge in [0.2, 0.25) is 0 Å². The van der Waals surface area contributed by atoms with Crippen LogP contribution in [0.4, 0.5) is 5.69 Å². The fourth-order valence-corrected chi connectivity index (χ4v) is 1.44. The number of hydrogen-bond donors (Lipinski definition) is 1. The molecule has 0 radical (unpaired) electrons. The van der Waals surface area contributed by atoms with Crippen molar-refractivity contribution in [3.05, 3.63) is 43.9 Å². The SMILES string of the molecule is N#C/C(=C\c1ccc(Br)cc1[N+](=O)[O-])C(=O)O. The number of carboxylic acid groups (broad SMARTS) is 1. The molecule has 1 aromatic carbocycles. The largest absolute Gasteiger partial charge is 0.477 e. The van der Waals surface area contributed by atoms with Crippen LogP contribution < -0.4 is 0 Å². The van der Waals surface area contributed by atoms with Gasteiger partial charge in [0.1, 0.15) is 11.6 Å². The minimum absolute atomic E-state index is 0.0668. The van der Waals surface area contributed by atoms with Gasteiger partial charge >= 0.3 is 5.97 Å². The second-order valence-corrected chi connectivity index (χ2v) is 3.85. The second-order valence-electron chi connectivity index (χ2n) is 2.94. The molecule has 0 aromatic heterocycles. The molecule has 7 heteroatoms. The third-order valence-electron chi connectivity index (χ3n) is 1.84. The summed E-state index contributed by atoms with van der Waals surface area (Å²) in [7, 11) is 0. The smallest absolute Gasteiger partial charge is 0.346 e. The van der Waals surface area contributed by atoms with Crippen LogP contribution in [0.3, 0.4) is 0 Å². The van der Waals surface area contributed by atoms with E-state index in [9.17, 15) is 14.9 Å². The molecule has 0 saturated heterocycles. The van der Waals surface area contributed by atoms with Crippen LogP contribution in [-0.4, -0.2) is 16.0 Å². The highest BCUT2D eigenvalue weighted by atomic mass is 79.9. The van der Waals surface area contributed by atoms with Gasteiger partial charge in [0.25, 0.3) is 5.69 Å². The molecule has 0 aliphatic heterocycles. The van der Waals surface area contributed by atoms with Gasteiger partial charge < -0.3 is 5.11 Å². The minimum atomic E-state index is -1.43. The van der Waals surface area contributed by atoms with Gasteiger partial charge in [-0.15, -0.1) is 0 Å². The quantitative estimate of drug-likeness (QED) is 0.399. The standard InChI is InChI=1S/C10H5BrN2O4/c11-8-2-1-6(9(4-8)13(16)17)3-7(5-12)10(14)15/h1-4H,(H,14,15)/b7-3+. The van der Waals surface area contributed by atoms with Crippen LogP contribution in [0, 0.1) is 21.4 Å². The van der Waals surface area contributed by atoms with Gasteiger partial charge in [0, 0.05) is 10.5 Å². The monoisotopic (exact) mass is 296 g/mol. The van der Waals surface area contributed by atoms with E-state index in [1.807, 2.05) is 0 Å². The van der Waals surface area contributed by atoms with Gasteiger partial charge in [-0.1, -0.05) is 15.9 Å². The first-order valence-corrected chi connectivity index (χ1v) is 5.04. The van der Waals surface area contributed by atoms with Crippen molar-refractivity contribution in [2.24, 2.45) is 0 Å². The van der Waals surface area contributed by atoms with E-state index in [-0.39, 0.29) is 11.3 Å². The lowest BCUT2D eigenvalue weighted by Crippen LogP contribution is -1.98. The number of halogens is 1. The van der Waals surface area contributed by atoms with Gasteiger partial charge in [-0.2, -0.15) is 5.26 Å². The lowest BCUT2D eigenvalue weighted by Gasteiger charge is -1.98. The number of nitriles is 1. The average Bonchev–Trinajstić information content (AvgIpc) is 2.26. The van der Waals surface area contributed by atoms with E-state index in [0.29, 0.717) is 4.47 Å². The summed E-state index contributed by atoms with van der Waals surface area (Å²) in [6.07, 6.45) is 0.965. The highest BCUT2D eigenvalue weighted by molar-refractivity contribution is 9.10. The molecule has 0 aliphatic carbocycles. The van der Waals surface area contributed by atoms with E-state index in [1.165, 1.54) is 24.3 Å². The van der Waals surface area contributed by atoms with Crippen LogP contribution in [0.5, 0.6) is 0 Å². The van der Waals surface area contributed by atoms with Crippen LogP contribution in [-0.2, 0) is 4.79 Å². The topological polar surface area (TPSA) is 104 Å². The van der Waals surface area contributed by atoms with Gasteiger partial charge in [0.05, 0.1) is 10.5 Å². The Hall–Kier alpha value is -2.20. The molecule has 0 spiro atoms. The van der Waals surface area contributed by atoms with Crippen molar-refractivity contribution >= 4 is 33.7 Å². The first kappa shape index (κ1) is 12.9. The molecule has 1 rings (SSSR count). The molecule has 0 fully saturated rings. The molecule has 0 saturated carbocycles. The zero-order valence-corrected chi connectivity index (χ0v) is 9.84. The highest BCUT2D eigenvalue weighted by Crippen LogP contribution is 2.25. The van der Waals surface area contributed by atoms with Crippen molar-refractivity contribution in [3.8, 4) is 6.07 Å². The Kier molecular flexibility index (Phi) is 3.96. The van der Waals surface area contributed by atoms with Crippen LogP contribution in [0.25, 0.3) is 6.08 Å². The highest BCUT2D eigenvalue weighted by Gasteiger charge is 2.15. The van der Waals surface area contributed by atoms with Crippen molar-refractivity contribution in [2.75, 3.05) is 0 Å². The fourth-order valence-electron chi connectivity index (χ4n) is 1.09. The first-order chi connectivity index (χ1) is 7.95. The Morgan fingerprint density at radius 2 is 2.24 bits per heavy atom. The summed E-state index contributed by atoms with van der Waals surface area (Å²) < 4.78 is 0.496. The maximum atomic E-state index is 10.7. The molecule has 17 heavy (non-hydrogen) atoms. The maximum absolute atomic E-state index is 10.7. The van der Waals surface area contributed by atoms with Gasteiger partial charge in [-0.25, -0.2) is 4.79 Å². The summed E-state index contributed by atoms with van der Waals surface area (Å²) in [6, 6.07) is 5.58. The van der Waals surface area contributed by atoms with E-state index < -0.39 is 16.5 Å². The Morgan fingerprint density at radius 1 is 1.59 bits per heavy atom. The number of carbonyl (C=O) groups is 1. The normalized spacial score (nSPS) is 10.7. The Labute approximate surface area is 104 Å². The number of nitro groups is 1. The number of benzene rings is 1. The predicted octanol–water partition coefficient (Wildman–Crippen LogP) is 2.35. The number of nitro benzene ring substituents is 1. The predicted molar refractivity (Wildman–Crippen MR) is 62.0 cm³/mol. The molecule has 0 heterocycles. The molecule has 0 atom stereocenters. The summed E-state index contributed by atoms with van der Waals surface area (Å²) in [6.45, 7) is 0. The molecule has 1 aromatic rings. The van der Waals surface area contributed by atoms with Gasteiger partial charge in [0.15, 0.2) is 0 Å². The average molecular weight is 297 g/mol. The number of carboxylic acids is 1. The molecule has 0 amide bonds. The third-order valence-corrected chi connectivity index (χ3v) is 2.33. The van der Waals surface area contributed by atoms with E-state index >= 15 is 0 Å². The summed E-state index contributed by atoms with van der Waals surface area (Å²) in [4.78, 5) is 20.7. The first-order valence-electron chi connectivity index (χ1n) is 4.24. The molecule has 0 bridgehead atoms. The summed E-state index contributed by atoms with van der Waals surface area (Å²) in [5, 5.41) is 28.0. The van der Waals surface area contributed by atoms with Gasteiger partial charge in [-0.05, 0) is 18.2 Å². The Balaban J connectivity index is 3.38. The van der Waals surface area contributed by atoms with E-state index in [1.54, 1.807) is 0 Å². The molecule has 86 valence electrons. The van der Waals surface area contributed by atoms with Crippen molar-refractivity contribution < 1.29 is 14.8 Å². The summed E-state index contributed by atoms with van der Waals surface area (Å²) in [5.41, 5.74) is -0.763. The van der Waals surface area contributed by atoms with Crippen LogP contribution in [0.15, 0.2) is 28.2 Å². The molecule has 0 aliphatic rings. The van der Waals surface area contributed by atoms with Crippen LogP contribution in [0.2, 0.25) is 0 Å². The zero-order valence-electron chi connectivity index (χ0n) is 8.25. The minimum Gasteiger partial charge on any atom is -0.477 e. The number of hydrogen-bond acceptors (Lipinski definition) is 4.